The molecule has 4 aromatic heterocycles. The molecule has 160 valence electrons. The lowest BCUT2D eigenvalue weighted by atomic mass is 10.1. The van der Waals surface area contributed by atoms with Crippen molar-refractivity contribution in [1.29, 1.82) is 0 Å². The molecule has 0 bridgehead atoms. The van der Waals surface area contributed by atoms with Crippen molar-refractivity contribution in [2.75, 3.05) is 34.5 Å². The van der Waals surface area contributed by atoms with Crippen LogP contribution in [0.15, 0.2) is 48.9 Å². The number of fused-ring (bicyclic) bond motifs is 1. The van der Waals surface area contributed by atoms with E-state index in [1.165, 1.54) is 7.11 Å². The molecular weight excluding hydrogens is 400 g/mol. The Morgan fingerprint density at radius 3 is 2.55 bits per heavy atom. The second-order valence-electron chi connectivity index (χ2n) is 6.58. The van der Waals surface area contributed by atoms with Crippen LogP contribution in [0.25, 0.3) is 27.8 Å². The van der Waals surface area contributed by atoms with Gasteiger partial charge in [-0.05, 0) is 24.3 Å². The third kappa shape index (κ3) is 4.08. The van der Waals surface area contributed by atoms with E-state index >= 15 is 0 Å². The maximum atomic E-state index is 10.7. The quantitative estimate of drug-likeness (QED) is 0.432. The molecule has 4 heterocycles. The summed E-state index contributed by atoms with van der Waals surface area (Å²) in [5, 5.41) is 11.3. The second-order valence-corrected chi connectivity index (χ2v) is 6.58. The van der Waals surface area contributed by atoms with Gasteiger partial charge in [-0.3, -0.25) is 4.57 Å². The summed E-state index contributed by atoms with van der Waals surface area (Å²) in [6.45, 7) is 0.899. The van der Waals surface area contributed by atoms with Gasteiger partial charge in [0.1, 0.15) is 6.61 Å². The average Bonchev–Trinajstić information content (AvgIpc) is 3.15. The zero-order valence-electron chi connectivity index (χ0n) is 17.4. The van der Waals surface area contributed by atoms with Crippen molar-refractivity contribution in [2.24, 2.45) is 0 Å². The Kier molecular flexibility index (Phi) is 5.85. The molecule has 0 radical (unpaired) electrons. The second kappa shape index (κ2) is 8.88. The fourth-order valence-corrected chi connectivity index (χ4v) is 3.13. The van der Waals surface area contributed by atoms with E-state index < -0.39 is 0 Å². The number of hydrogen-bond donors (Lipinski definition) is 1. The number of methoxy groups -OCH3 is 3. The summed E-state index contributed by atoms with van der Waals surface area (Å²) in [7, 11) is 4.70. The van der Waals surface area contributed by atoms with Crippen molar-refractivity contribution in [1.82, 2.24) is 19.5 Å². The third-order valence-corrected chi connectivity index (χ3v) is 4.71. The van der Waals surface area contributed by atoms with Crippen molar-refractivity contribution in [2.45, 2.75) is 0 Å². The fourth-order valence-electron chi connectivity index (χ4n) is 3.13. The van der Waals surface area contributed by atoms with Gasteiger partial charge in [0.25, 0.3) is 5.88 Å². The van der Waals surface area contributed by atoms with Gasteiger partial charge < -0.3 is 24.1 Å². The summed E-state index contributed by atoms with van der Waals surface area (Å²) in [5.41, 5.74) is 2.78. The summed E-state index contributed by atoms with van der Waals surface area (Å²) < 4.78 is 22.6. The first-order chi connectivity index (χ1) is 15.1. The molecule has 4 aromatic rings. The van der Waals surface area contributed by atoms with E-state index in [0.29, 0.717) is 53.0 Å². The van der Waals surface area contributed by atoms with E-state index in [1.807, 2.05) is 24.3 Å². The van der Waals surface area contributed by atoms with Gasteiger partial charge in [0.15, 0.2) is 5.75 Å². The highest BCUT2D eigenvalue weighted by Crippen LogP contribution is 2.33. The number of nitrogens with zero attached hydrogens (tertiary/aromatic N) is 4. The molecule has 0 aliphatic rings. The van der Waals surface area contributed by atoms with Crippen LogP contribution >= 0.6 is 0 Å². The van der Waals surface area contributed by atoms with Gasteiger partial charge >= 0.3 is 0 Å². The monoisotopic (exact) mass is 422 g/mol. The van der Waals surface area contributed by atoms with Crippen LogP contribution in [-0.2, 0) is 4.74 Å². The number of rotatable bonds is 8. The molecule has 0 spiro atoms. The van der Waals surface area contributed by atoms with Gasteiger partial charge in [0.2, 0.25) is 11.8 Å². The van der Waals surface area contributed by atoms with E-state index in [-0.39, 0.29) is 5.88 Å². The van der Waals surface area contributed by atoms with Crippen LogP contribution in [0.5, 0.6) is 23.4 Å². The molecule has 0 aromatic carbocycles. The molecule has 0 fully saturated rings. The maximum absolute atomic E-state index is 10.7. The van der Waals surface area contributed by atoms with E-state index in [0.717, 1.165) is 5.56 Å². The Bertz CT molecular complexity index is 1190. The van der Waals surface area contributed by atoms with Crippen molar-refractivity contribution in [3.8, 4) is 40.3 Å². The number of pyridine rings is 3. The number of aromatic hydroxyl groups is 1. The summed E-state index contributed by atoms with van der Waals surface area (Å²) in [6, 6.07) is 9.00. The third-order valence-electron chi connectivity index (χ3n) is 4.71. The molecule has 31 heavy (non-hydrogen) atoms. The first-order valence-electron chi connectivity index (χ1n) is 9.52. The lowest BCUT2D eigenvalue weighted by Gasteiger charge is -2.08. The van der Waals surface area contributed by atoms with Crippen LogP contribution in [0, 0.1) is 0 Å². The van der Waals surface area contributed by atoms with Crippen LogP contribution in [0.4, 0.5) is 0 Å². The lowest BCUT2D eigenvalue weighted by Crippen LogP contribution is -2.05. The van der Waals surface area contributed by atoms with Gasteiger partial charge in [-0.15, -0.1) is 0 Å². The topological polar surface area (TPSA) is 101 Å². The Hall–Kier alpha value is -3.85. The molecule has 0 aliphatic heterocycles. The van der Waals surface area contributed by atoms with Crippen LogP contribution < -0.4 is 14.2 Å². The smallest absolute Gasteiger partial charge is 0.256 e. The van der Waals surface area contributed by atoms with Crippen LogP contribution in [-0.4, -0.2) is 59.2 Å². The molecule has 9 nitrogen and oxygen atoms in total. The van der Waals surface area contributed by atoms with Crippen molar-refractivity contribution in [3.63, 3.8) is 0 Å². The van der Waals surface area contributed by atoms with Crippen molar-refractivity contribution in [3.05, 3.63) is 48.9 Å². The van der Waals surface area contributed by atoms with Gasteiger partial charge in [0.05, 0.1) is 49.3 Å². The van der Waals surface area contributed by atoms with Crippen LogP contribution in [0.3, 0.4) is 0 Å². The standard InChI is InChI=1S/C22H22N4O5/c1-28-8-9-31-20-7-4-15(12-23-20)26-13-18-16(22(26)27)5-6-17(25-18)14-10-19(29-2)21(30-3)24-11-14/h4-7,10-13,27H,8-9H2,1-3H3. The van der Waals surface area contributed by atoms with E-state index in [4.69, 9.17) is 18.9 Å². The van der Waals surface area contributed by atoms with Crippen LogP contribution in [0.1, 0.15) is 0 Å². The molecule has 0 aliphatic carbocycles. The number of aromatic nitrogens is 4. The Morgan fingerprint density at radius 1 is 0.968 bits per heavy atom. The molecule has 0 amide bonds. The maximum Gasteiger partial charge on any atom is 0.256 e. The zero-order chi connectivity index (χ0) is 21.8. The SMILES string of the molecule is COCCOc1ccc(-n2cc3nc(-c4cnc(OC)c(OC)c4)ccc3c2O)cn1. The molecule has 4 rings (SSSR count). The predicted octanol–water partition coefficient (Wildman–Crippen LogP) is 3.23. The van der Waals surface area contributed by atoms with Crippen molar-refractivity contribution < 1.29 is 24.1 Å². The highest BCUT2D eigenvalue weighted by molar-refractivity contribution is 5.87. The highest BCUT2D eigenvalue weighted by atomic mass is 16.5. The Labute approximate surface area is 178 Å². The molecule has 0 atom stereocenters. The first-order valence-corrected chi connectivity index (χ1v) is 9.52. The van der Waals surface area contributed by atoms with E-state index in [2.05, 4.69) is 15.0 Å². The summed E-state index contributed by atoms with van der Waals surface area (Å²) in [5.74, 6) is 1.48. The lowest BCUT2D eigenvalue weighted by molar-refractivity contribution is 0.144. The van der Waals surface area contributed by atoms with Crippen LogP contribution in [0.2, 0.25) is 0 Å². The molecule has 9 heteroatoms. The zero-order valence-corrected chi connectivity index (χ0v) is 17.4. The van der Waals surface area contributed by atoms with Gasteiger partial charge in [-0.2, -0.15) is 0 Å². The first kappa shape index (κ1) is 20.4. The summed E-state index contributed by atoms with van der Waals surface area (Å²) in [4.78, 5) is 13.2. The van der Waals surface area contributed by atoms with E-state index in [9.17, 15) is 5.11 Å². The molecule has 0 unspecified atom stereocenters. The van der Waals surface area contributed by atoms with Crippen molar-refractivity contribution >= 4 is 10.9 Å². The Morgan fingerprint density at radius 2 is 1.84 bits per heavy atom. The summed E-state index contributed by atoms with van der Waals surface area (Å²) >= 11 is 0. The Balaban J connectivity index is 1.65. The number of hydrogen-bond acceptors (Lipinski definition) is 8. The minimum absolute atomic E-state index is 0.0781. The molecule has 1 N–H and O–H groups in total. The summed E-state index contributed by atoms with van der Waals surface area (Å²) in [6.07, 6.45) is 5.04. The minimum Gasteiger partial charge on any atom is -0.494 e. The van der Waals surface area contributed by atoms with Gasteiger partial charge in [-0.25, -0.2) is 15.0 Å². The van der Waals surface area contributed by atoms with Gasteiger partial charge in [0, 0.05) is 31.1 Å². The number of ether oxygens (including phenoxy) is 4. The largest absolute Gasteiger partial charge is 0.494 e. The van der Waals surface area contributed by atoms with Gasteiger partial charge in [-0.1, -0.05) is 0 Å². The predicted molar refractivity (Wildman–Crippen MR) is 114 cm³/mol. The highest BCUT2D eigenvalue weighted by Gasteiger charge is 2.14. The molecule has 0 saturated carbocycles. The minimum atomic E-state index is 0.0781. The average molecular weight is 422 g/mol. The molecular formula is C22H22N4O5. The molecule has 0 saturated heterocycles. The normalized spacial score (nSPS) is 10.9. The van der Waals surface area contributed by atoms with E-state index in [1.54, 1.807) is 43.4 Å². The fraction of sp³-hybridized carbons (Fsp3) is 0.227.